The molecule has 0 aromatic heterocycles. The molecule has 0 fully saturated rings. The summed E-state index contributed by atoms with van der Waals surface area (Å²) in [5.74, 6) is -0.0138. The number of rotatable bonds is 7. The average molecular weight is 338 g/mol. The van der Waals surface area contributed by atoms with Crippen LogP contribution in [0, 0.1) is 13.8 Å². The molecule has 2 aromatic carbocycles. The van der Waals surface area contributed by atoms with Crippen LogP contribution in [0.15, 0.2) is 48.5 Å². The Morgan fingerprint density at radius 1 is 1.04 bits per heavy atom. The fraction of sp³-hybridized carbons (Fsp3) is 0.333. The zero-order valence-electron chi connectivity index (χ0n) is 15.2. The first-order chi connectivity index (χ1) is 12.0. The summed E-state index contributed by atoms with van der Waals surface area (Å²) in [5, 5.41) is 2.86. The Labute approximate surface area is 149 Å². The molecule has 0 aliphatic rings. The number of benzene rings is 2. The molecule has 0 aliphatic heterocycles. The third kappa shape index (κ3) is 5.18. The molecule has 0 saturated carbocycles. The number of nitrogens with zero attached hydrogens (tertiary/aromatic N) is 1. The van der Waals surface area contributed by atoms with Gasteiger partial charge in [0.25, 0.3) is 5.91 Å². The monoisotopic (exact) mass is 338 g/mol. The lowest BCUT2D eigenvalue weighted by atomic mass is 10.1. The normalized spacial score (nSPS) is 10.4. The fourth-order valence-electron chi connectivity index (χ4n) is 2.76. The van der Waals surface area contributed by atoms with Crippen LogP contribution in [0.5, 0.6) is 0 Å². The van der Waals surface area contributed by atoms with E-state index >= 15 is 0 Å². The second-order valence-corrected chi connectivity index (χ2v) is 6.15. The standard InChI is InChI=1S/C21H26N2O2/c1-4-23(19-15-16(2)12-13-17(19)3)20(24)11-8-14-22-21(25)18-9-6-5-7-10-18/h5-7,9-10,12-13,15H,4,8,11,14H2,1-3H3,(H,22,25). The van der Waals surface area contributed by atoms with E-state index in [0.29, 0.717) is 31.5 Å². The predicted molar refractivity (Wildman–Crippen MR) is 102 cm³/mol. The Kier molecular flexibility index (Phi) is 6.75. The van der Waals surface area contributed by atoms with E-state index in [0.717, 1.165) is 16.8 Å². The van der Waals surface area contributed by atoms with Crippen molar-refractivity contribution in [3.8, 4) is 0 Å². The maximum absolute atomic E-state index is 12.6. The van der Waals surface area contributed by atoms with Gasteiger partial charge in [-0.1, -0.05) is 30.3 Å². The predicted octanol–water partition coefficient (Wildman–Crippen LogP) is 3.87. The van der Waals surface area contributed by atoms with Crippen LogP contribution < -0.4 is 10.2 Å². The zero-order valence-corrected chi connectivity index (χ0v) is 15.2. The number of nitrogens with one attached hydrogen (secondary N) is 1. The number of carbonyl (C=O) groups is 2. The molecule has 132 valence electrons. The van der Waals surface area contributed by atoms with Crippen LogP contribution in [0.2, 0.25) is 0 Å². The van der Waals surface area contributed by atoms with Gasteiger partial charge in [-0.05, 0) is 56.5 Å². The quantitative estimate of drug-likeness (QED) is 0.779. The van der Waals surface area contributed by atoms with E-state index in [1.807, 2.05) is 56.0 Å². The van der Waals surface area contributed by atoms with Gasteiger partial charge in [0.15, 0.2) is 0 Å². The number of anilines is 1. The Balaban J connectivity index is 1.86. The van der Waals surface area contributed by atoms with Crippen molar-refractivity contribution in [2.24, 2.45) is 0 Å². The van der Waals surface area contributed by atoms with Crippen molar-refractivity contribution >= 4 is 17.5 Å². The molecule has 0 unspecified atom stereocenters. The minimum absolute atomic E-state index is 0.0881. The van der Waals surface area contributed by atoms with Crippen LogP contribution in [0.25, 0.3) is 0 Å². The molecule has 4 heteroatoms. The van der Waals surface area contributed by atoms with Crippen LogP contribution in [-0.2, 0) is 4.79 Å². The second-order valence-electron chi connectivity index (χ2n) is 6.15. The highest BCUT2D eigenvalue weighted by Gasteiger charge is 2.15. The van der Waals surface area contributed by atoms with Gasteiger partial charge in [0, 0.05) is 30.8 Å². The third-order valence-electron chi connectivity index (χ3n) is 4.16. The van der Waals surface area contributed by atoms with Crippen molar-refractivity contribution < 1.29 is 9.59 Å². The van der Waals surface area contributed by atoms with Gasteiger partial charge in [-0.15, -0.1) is 0 Å². The van der Waals surface area contributed by atoms with Gasteiger partial charge in [0.1, 0.15) is 0 Å². The molecule has 0 heterocycles. The summed E-state index contributed by atoms with van der Waals surface area (Å²) in [6, 6.07) is 15.2. The van der Waals surface area contributed by atoms with Crippen molar-refractivity contribution in [1.29, 1.82) is 0 Å². The average Bonchev–Trinajstić information content (AvgIpc) is 2.62. The molecule has 2 amide bonds. The van der Waals surface area contributed by atoms with Gasteiger partial charge in [-0.25, -0.2) is 0 Å². The Hall–Kier alpha value is -2.62. The van der Waals surface area contributed by atoms with E-state index in [9.17, 15) is 9.59 Å². The third-order valence-corrected chi connectivity index (χ3v) is 4.16. The first-order valence-electron chi connectivity index (χ1n) is 8.73. The summed E-state index contributed by atoms with van der Waals surface area (Å²) in [5.41, 5.74) is 3.85. The van der Waals surface area contributed by atoms with Gasteiger partial charge in [-0.3, -0.25) is 9.59 Å². The number of amides is 2. The van der Waals surface area contributed by atoms with Crippen LogP contribution in [0.4, 0.5) is 5.69 Å². The van der Waals surface area contributed by atoms with Crippen molar-refractivity contribution in [3.63, 3.8) is 0 Å². The maximum atomic E-state index is 12.6. The Morgan fingerprint density at radius 3 is 2.44 bits per heavy atom. The van der Waals surface area contributed by atoms with Gasteiger partial charge in [0.05, 0.1) is 0 Å². The Bertz CT molecular complexity index is 726. The molecule has 2 aromatic rings. The topological polar surface area (TPSA) is 49.4 Å². The van der Waals surface area contributed by atoms with Crippen molar-refractivity contribution in [2.45, 2.75) is 33.6 Å². The van der Waals surface area contributed by atoms with Gasteiger partial charge in [-0.2, -0.15) is 0 Å². The highest BCUT2D eigenvalue weighted by molar-refractivity contribution is 5.95. The maximum Gasteiger partial charge on any atom is 0.251 e. The zero-order chi connectivity index (χ0) is 18.2. The van der Waals surface area contributed by atoms with Gasteiger partial charge in [0.2, 0.25) is 5.91 Å². The first kappa shape index (κ1) is 18.7. The van der Waals surface area contributed by atoms with Gasteiger partial charge < -0.3 is 10.2 Å². The highest BCUT2D eigenvalue weighted by atomic mass is 16.2. The van der Waals surface area contributed by atoms with E-state index < -0.39 is 0 Å². The van der Waals surface area contributed by atoms with E-state index in [4.69, 9.17) is 0 Å². The minimum Gasteiger partial charge on any atom is -0.352 e. The molecule has 0 aliphatic carbocycles. The summed E-state index contributed by atoms with van der Waals surface area (Å²) < 4.78 is 0. The van der Waals surface area contributed by atoms with Crippen LogP contribution in [0.3, 0.4) is 0 Å². The number of hydrogen-bond acceptors (Lipinski definition) is 2. The minimum atomic E-state index is -0.102. The number of hydrogen-bond donors (Lipinski definition) is 1. The van der Waals surface area contributed by atoms with E-state index in [1.54, 1.807) is 12.1 Å². The van der Waals surface area contributed by atoms with Crippen LogP contribution in [-0.4, -0.2) is 24.9 Å². The summed E-state index contributed by atoms with van der Waals surface area (Å²) in [6.07, 6.45) is 1.04. The van der Waals surface area contributed by atoms with E-state index in [-0.39, 0.29) is 11.8 Å². The SMILES string of the molecule is CCN(C(=O)CCCNC(=O)c1ccccc1)c1cc(C)ccc1C. The smallest absolute Gasteiger partial charge is 0.251 e. The van der Waals surface area contributed by atoms with Crippen LogP contribution >= 0.6 is 0 Å². The van der Waals surface area contributed by atoms with Crippen molar-refractivity contribution in [2.75, 3.05) is 18.0 Å². The van der Waals surface area contributed by atoms with Crippen LogP contribution in [0.1, 0.15) is 41.3 Å². The molecule has 1 N–H and O–H groups in total. The molecule has 0 spiro atoms. The fourth-order valence-corrected chi connectivity index (χ4v) is 2.76. The summed E-state index contributed by atoms with van der Waals surface area (Å²) in [4.78, 5) is 26.4. The largest absolute Gasteiger partial charge is 0.352 e. The first-order valence-corrected chi connectivity index (χ1v) is 8.73. The number of aryl methyl sites for hydroxylation is 2. The summed E-state index contributed by atoms with van der Waals surface area (Å²) in [7, 11) is 0. The molecule has 25 heavy (non-hydrogen) atoms. The molecular weight excluding hydrogens is 312 g/mol. The second kappa shape index (κ2) is 9.02. The molecule has 2 rings (SSSR count). The van der Waals surface area contributed by atoms with Crippen molar-refractivity contribution in [1.82, 2.24) is 5.32 Å². The highest BCUT2D eigenvalue weighted by Crippen LogP contribution is 2.22. The lowest BCUT2D eigenvalue weighted by Crippen LogP contribution is -2.32. The van der Waals surface area contributed by atoms with E-state index in [2.05, 4.69) is 11.4 Å². The molecule has 0 atom stereocenters. The molecular formula is C21H26N2O2. The molecule has 4 nitrogen and oxygen atoms in total. The lowest BCUT2D eigenvalue weighted by Gasteiger charge is -2.23. The van der Waals surface area contributed by atoms with Crippen molar-refractivity contribution in [3.05, 3.63) is 65.2 Å². The molecule has 0 radical (unpaired) electrons. The van der Waals surface area contributed by atoms with Gasteiger partial charge >= 0.3 is 0 Å². The molecule has 0 saturated heterocycles. The summed E-state index contributed by atoms with van der Waals surface area (Å²) in [6.45, 7) is 7.16. The summed E-state index contributed by atoms with van der Waals surface area (Å²) >= 11 is 0. The Morgan fingerprint density at radius 2 is 1.76 bits per heavy atom. The number of carbonyl (C=O) groups excluding carboxylic acids is 2. The molecule has 0 bridgehead atoms. The lowest BCUT2D eigenvalue weighted by molar-refractivity contribution is -0.118. The van der Waals surface area contributed by atoms with E-state index in [1.165, 1.54) is 0 Å².